The minimum atomic E-state index is -0.682. The van der Waals surface area contributed by atoms with Gasteiger partial charge in [0.15, 0.2) is 0 Å². The Hall–Kier alpha value is -2.09. The Labute approximate surface area is 126 Å². The molecule has 2 aromatic rings. The van der Waals surface area contributed by atoms with Gasteiger partial charge in [0.25, 0.3) is 0 Å². The molecule has 0 spiro atoms. The number of hydrogen-bond donors (Lipinski definition) is 1. The molecule has 0 saturated heterocycles. The SMILES string of the molecule is CCCCCC(=O)O.c1ccc2c(c1)Cc1ccccc1-2. The van der Waals surface area contributed by atoms with Crippen LogP contribution in [0.4, 0.5) is 0 Å². The van der Waals surface area contributed by atoms with Crippen LogP contribution in [-0.4, -0.2) is 11.1 Å². The number of unbranched alkanes of at least 4 members (excludes halogenated alkanes) is 2. The molecule has 0 unspecified atom stereocenters. The van der Waals surface area contributed by atoms with Crippen molar-refractivity contribution < 1.29 is 9.90 Å². The zero-order valence-corrected chi connectivity index (χ0v) is 12.5. The fraction of sp³-hybridized carbons (Fsp3) is 0.316. The fourth-order valence-corrected chi connectivity index (χ4v) is 2.61. The molecule has 0 aromatic heterocycles. The van der Waals surface area contributed by atoms with Crippen LogP contribution in [0.5, 0.6) is 0 Å². The van der Waals surface area contributed by atoms with Gasteiger partial charge in [0, 0.05) is 6.42 Å². The number of fused-ring (bicyclic) bond motifs is 3. The van der Waals surface area contributed by atoms with Crippen molar-refractivity contribution in [3.05, 3.63) is 59.7 Å². The summed E-state index contributed by atoms with van der Waals surface area (Å²) >= 11 is 0. The van der Waals surface area contributed by atoms with E-state index in [2.05, 4.69) is 55.5 Å². The normalized spacial score (nSPS) is 11.1. The highest BCUT2D eigenvalue weighted by molar-refractivity contribution is 5.76. The molecule has 0 heterocycles. The van der Waals surface area contributed by atoms with Gasteiger partial charge in [-0.05, 0) is 35.1 Å². The van der Waals surface area contributed by atoms with Crippen LogP contribution in [0.2, 0.25) is 0 Å². The van der Waals surface area contributed by atoms with Crippen molar-refractivity contribution in [2.45, 2.75) is 39.0 Å². The lowest BCUT2D eigenvalue weighted by atomic mass is 10.1. The van der Waals surface area contributed by atoms with Gasteiger partial charge < -0.3 is 5.11 Å². The van der Waals surface area contributed by atoms with Crippen molar-refractivity contribution in [3.8, 4) is 11.1 Å². The maximum absolute atomic E-state index is 9.87. The molecule has 21 heavy (non-hydrogen) atoms. The third-order valence-electron chi connectivity index (χ3n) is 3.70. The van der Waals surface area contributed by atoms with Crippen LogP contribution < -0.4 is 0 Å². The molecule has 0 amide bonds. The molecular formula is C19H22O2. The lowest BCUT2D eigenvalue weighted by Crippen LogP contribution is -1.92. The van der Waals surface area contributed by atoms with Crippen LogP contribution in [-0.2, 0) is 11.2 Å². The minimum absolute atomic E-state index is 0.327. The zero-order chi connectivity index (χ0) is 15.1. The summed E-state index contributed by atoms with van der Waals surface area (Å²) in [6.45, 7) is 2.06. The lowest BCUT2D eigenvalue weighted by Gasteiger charge is -1.98. The predicted molar refractivity (Wildman–Crippen MR) is 86.5 cm³/mol. The van der Waals surface area contributed by atoms with E-state index in [0.29, 0.717) is 6.42 Å². The maximum Gasteiger partial charge on any atom is 0.303 e. The average Bonchev–Trinajstić information content (AvgIpc) is 2.86. The maximum atomic E-state index is 9.87. The van der Waals surface area contributed by atoms with Crippen molar-refractivity contribution in [3.63, 3.8) is 0 Å². The molecule has 3 rings (SSSR count). The van der Waals surface area contributed by atoms with Gasteiger partial charge in [0.05, 0.1) is 0 Å². The Morgan fingerprint density at radius 1 is 0.952 bits per heavy atom. The van der Waals surface area contributed by atoms with Crippen molar-refractivity contribution >= 4 is 5.97 Å². The van der Waals surface area contributed by atoms with E-state index in [1.54, 1.807) is 0 Å². The van der Waals surface area contributed by atoms with Crippen LogP contribution in [0.3, 0.4) is 0 Å². The van der Waals surface area contributed by atoms with Gasteiger partial charge >= 0.3 is 5.97 Å². The fourth-order valence-electron chi connectivity index (χ4n) is 2.61. The van der Waals surface area contributed by atoms with Crippen LogP contribution in [0, 0.1) is 0 Å². The standard InChI is InChI=1S/C13H10.C6H12O2/c1-3-7-12-10(5-1)9-11-6-2-4-8-13(11)12;1-2-3-4-5-6(7)8/h1-8H,9H2;2-5H2,1H3,(H,7,8). The molecule has 2 aromatic carbocycles. The largest absolute Gasteiger partial charge is 0.481 e. The summed E-state index contributed by atoms with van der Waals surface area (Å²) in [6.07, 6.45) is 4.38. The third kappa shape index (κ3) is 4.19. The smallest absolute Gasteiger partial charge is 0.303 e. The molecule has 1 aliphatic rings. The van der Waals surface area contributed by atoms with Crippen LogP contribution >= 0.6 is 0 Å². The number of carboxylic acids is 1. The highest BCUT2D eigenvalue weighted by Crippen LogP contribution is 2.35. The summed E-state index contributed by atoms with van der Waals surface area (Å²) in [6, 6.07) is 17.3. The molecular weight excluding hydrogens is 260 g/mol. The Morgan fingerprint density at radius 3 is 1.95 bits per heavy atom. The van der Waals surface area contributed by atoms with Gasteiger partial charge in [-0.25, -0.2) is 0 Å². The summed E-state index contributed by atoms with van der Waals surface area (Å²) in [5.41, 5.74) is 5.75. The molecule has 0 atom stereocenters. The molecule has 1 N–H and O–H groups in total. The molecule has 0 aliphatic heterocycles. The van der Waals surface area contributed by atoms with E-state index in [1.165, 1.54) is 22.3 Å². The summed E-state index contributed by atoms with van der Waals surface area (Å²) in [7, 11) is 0. The van der Waals surface area contributed by atoms with E-state index >= 15 is 0 Å². The molecule has 2 nitrogen and oxygen atoms in total. The molecule has 0 fully saturated rings. The van der Waals surface area contributed by atoms with Crippen LogP contribution in [0.15, 0.2) is 48.5 Å². The first kappa shape index (κ1) is 15.3. The molecule has 0 bridgehead atoms. The highest BCUT2D eigenvalue weighted by atomic mass is 16.4. The van der Waals surface area contributed by atoms with Gasteiger partial charge in [-0.2, -0.15) is 0 Å². The number of rotatable bonds is 4. The Kier molecular flexibility index (Phi) is 5.56. The second-order valence-corrected chi connectivity index (χ2v) is 5.34. The summed E-state index contributed by atoms with van der Waals surface area (Å²) in [4.78, 5) is 9.87. The monoisotopic (exact) mass is 282 g/mol. The zero-order valence-electron chi connectivity index (χ0n) is 12.5. The van der Waals surface area contributed by atoms with Crippen molar-refractivity contribution in [1.82, 2.24) is 0 Å². The number of carboxylic acid groups (broad SMARTS) is 1. The van der Waals surface area contributed by atoms with Crippen molar-refractivity contribution in [2.24, 2.45) is 0 Å². The van der Waals surface area contributed by atoms with Gasteiger partial charge in [0.1, 0.15) is 0 Å². The van der Waals surface area contributed by atoms with Gasteiger partial charge in [-0.3, -0.25) is 4.79 Å². The van der Waals surface area contributed by atoms with Gasteiger partial charge in [-0.1, -0.05) is 68.3 Å². The number of aliphatic carboxylic acids is 1. The van der Waals surface area contributed by atoms with E-state index in [-0.39, 0.29) is 0 Å². The summed E-state index contributed by atoms with van der Waals surface area (Å²) in [5, 5.41) is 8.14. The number of benzene rings is 2. The molecule has 2 heteroatoms. The van der Waals surface area contributed by atoms with E-state index < -0.39 is 5.97 Å². The Morgan fingerprint density at radius 2 is 1.48 bits per heavy atom. The first-order chi connectivity index (χ1) is 10.2. The molecule has 1 aliphatic carbocycles. The molecule has 0 saturated carbocycles. The van der Waals surface area contributed by atoms with Crippen LogP contribution in [0.1, 0.15) is 43.7 Å². The number of hydrogen-bond acceptors (Lipinski definition) is 1. The molecule has 0 radical (unpaired) electrons. The van der Waals surface area contributed by atoms with Crippen molar-refractivity contribution in [2.75, 3.05) is 0 Å². The quantitative estimate of drug-likeness (QED) is 0.690. The second-order valence-electron chi connectivity index (χ2n) is 5.34. The summed E-state index contributed by atoms with van der Waals surface area (Å²) < 4.78 is 0. The van der Waals surface area contributed by atoms with E-state index in [9.17, 15) is 4.79 Å². The van der Waals surface area contributed by atoms with E-state index in [4.69, 9.17) is 5.11 Å². The minimum Gasteiger partial charge on any atom is -0.481 e. The third-order valence-corrected chi connectivity index (χ3v) is 3.70. The summed E-state index contributed by atoms with van der Waals surface area (Å²) in [5.74, 6) is -0.682. The first-order valence-corrected chi connectivity index (χ1v) is 7.60. The lowest BCUT2D eigenvalue weighted by molar-refractivity contribution is -0.137. The predicted octanol–water partition coefficient (Wildman–Crippen LogP) is 4.91. The Bertz CT molecular complexity index is 559. The van der Waals surface area contributed by atoms with Gasteiger partial charge in [-0.15, -0.1) is 0 Å². The van der Waals surface area contributed by atoms with E-state index in [1.807, 2.05) is 0 Å². The van der Waals surface area contributed by atoms with Crippen molar-refractivity contribution in [1.29, 1.82) is 0 Å². The first-order valence-electron chi connectivity index (χ1n) is 7.60. The van der Waals surface area contributed by atoms with Crippen LogP contribution in [0.25, 0.3) is 11.1 Å². The number of carbonyl (C=O) groups is 1. The average molecular weight is 282 g/mol. The van der Waals surface area contributed by atoms with E-state index in [0.717, 1.165) is 25.7 Å². The second kappa shape index (κ2) is 7.63. The highest BCUT2D eigenvalue weighted by Gasteiger charge is 2.15. The Balaban J connectivity index is 0.000000177. The molecule has 110 valence electrons. The topological polar surface area (TPSA) is 37.3 Å². The van der Waals surface area contributed by atoms with Gasteiger partial charge in [0.2, 0.25) is 0 Å².